The molecule has 0 saturated heterocycles. The Morgan fingerprint density at radius 2 is 2.28 bits per heavy atom. The number of aryl methyl sites for hydroxylation is 1. The largest absolute Gasteiger partial charge is 0.271 e. The van der Waals surface area contributed by atoms with Gasteiger partial charge in [0.25, 0.3) is 0 Å². The summed E-state index contributed by atoms with van der Waals surface area (Å²) >= 11 is 9.40. The van der Waals surface area contributed by atoms with Gasteiger partial charge in [0.05, 0.1) is 22.4 Å². The van der Waals surface area contributed by atoms with Gasteiger partial charge in [-0.3, -0.25) is 10.5 Å². The van der Waals surface area contributed by atoms with Crippen LogP contribution in [0.4, 0.5) is 4.39 Å². The third-order valence-electron chi connectivity index (χ3n) is 2.67. The maximum Gasteiger partial charge on any atom is 0.129 e. The van der Waals surface area contributed by atoms with Crippen LogP contribution in [0.15, 0.2) is 28.9 Å². The Balaban J connectivity index is 2.59. The molecule has 0 bridgehead atoms. The molecule has 7 heteroatoms. The van der Waals surface area contributed by atoms with Crippen molar-refractivity contribution in [1.29, 1.82) is 0 Å². The number of aromatic nitrogens is 2. The molecule has 0 saturated carbocycles. The number of rotatable bonds is 3. The second-order valence-electron chi connectivity index (χ2n) is 3.74. The lowest BCUT2D eigenvalue weighted by atomic mass is 10.0. The molecule has 0 aliphatic rings. The second kappa shape index (κ2) is 5.36. The van der Waals surface area contributed by atoms with Crippen LogP contribution in [0.5, 0.6) is 0 Å². The molecule has 0 aliphatic carbocycles. The Morgan fingerprint density at radius 3 is 2.78 bits per heavy atom. The zero-order valence-electron chi connectivity index (χ0n) is 9.49. The second-order valence-corrected chi connectivity index (χ2v) is 5.00. The molecule has 2 rings (SSSR count). The highest BCUT2D eigenvalue weighted by Crippen LogP contribution is 2.33. The SMILES string of the molecule is Cn1ncc(Br)c1C(NN)c1c(F)cccc1Cl. The predicted molar refractivity (Wildman–Crippen MR) is 71.5 cm³/mol. The summed E-state index contributed by atoms with van der Waals surface area (Å²) in [7, 11) is 1.75. The Labute approximate surface area is 117 Å². The first-order chi connectivity index (χ1) is 8.56. The number of halogens is 3. The first kappa shape index (κ1) is 13.5. The fraction of sp³-hybridized carbons (Fsp3) is 0.182. The lowest BCUT2D eigenvalue weighted by Gasteiger charge is -2.19. The van der Waals surface area contributed by atoms with E-state index in [-0.39, 0.29) is 0 Å². The van der Waals surface area contributed by atoms with E-state index < -0.39 is 11.9 Å². The van der Waals surface area contributed by atoms with Crippen LogP contribution >= 0.6 is 27.5 Å². The van der Waals surface area contributed by atoms with Gasteiger partial charge in [0.15, 0.2) is 0 Å². The maximum atomic E-state index is 13.9. The highest BCUT2D eigenvalue weighted by atomic mass is 79.9. The molecule has 1 unspecified atom stereocenters. The molecule has 2 aromatic rings. The normalized spacial score (nSPS) is 12.7. The summed E-state index contributed by atoms with van der Waals surface area (Å²) in [6.45, 7) is 0. The van der Waals surface area contributed by atoms with Crippen LogP contribution in [0, 0.1) is 5.82 Å². The molecule has 0 aliphatic heterocycles. The Hall–Kier alpha value is -0.950. The molecule has 96 valence electrons. The van der Waals surface area contributed by atoms with Crippen LogP contribution in [-0.2, 0) is 7.05 Å². The molecular formula is C11H11BrClFN4. The van der Waals surface area contributed by atoms with Crippen LogP contribution in [-0.4, -0.2) is 9.78 Å². The van der Waals surface area contributed by atoms with E-state index in [0.717, 1.165) is 4.47 Å². The van der Waals surface area contributed by atoms with Gasteiger partial charge in [-0.05, 0) is 28.1 Å². The monoisotopic (exact) mass is 332 g/mol. The van der Waals surface area contributed by atoms with E-state index in [9.17, 15) is 4.39 Å². The Bertz CT molecular complexity index is 532. The average molecular weight is 334 g/mol. The molecule has 18 heavy (non-hydrogen) atoms. The zero-order chi connectivity index (χ0) is 13.3. The van der Waals surface area contributed by atoms with E-state index in [2.05, 4.69) is 26.5 Å². The zero-order valence-corrected chi connectivity index (χ0v) is 11.8. The van der Waals surface area contributed by atoms with Crippen molar-refractivity contribution in [3.05, 3.63) is 51.0 Å². The summed E-state index contributed by atoms with van der Waals surface area (Å²) in [4.78, 5) is 0. The highest BCUT2D eigenvalue weighted by molar-refractivity contribution is 9.10. The number of hydrogen-bond donors (Lipinski definition) is 2. The Morgan fingerprint density at radius 1 is 1.56 bits per heavy atom. The van der Waals surface area contributed by atoms with Gasteiger partial charge in [0, 0.05) is 17.6 Å². The molecule has 1 atom stereocenters. The van der Waals surface area contributed by atoms with E-state index in [1.807, 2.05) is 0 Å². The van der Waals surface area contributed by atoms with Crippen molar-refractivity contribution in [1.82, 2.24) is 15.2 Å². The topological polar surface area (TPSA) is 55.9 Å². The van der Waals surface area contributed by atoms with Gasteiger partial charge in [-0.15, -0.1) is 0 Å². The lowest BCUT2D eigenvalue weighted by Crippen LogP contribution is -2.31. The van der Waals surface area contributed by atoms with Gasteiger partial charge in [-0.1, -0.05) is 17.7 Å². The molecule has 4 nitrogen and oxygen atoms in total. The van der Waals surface area contributed by atoms with Crippen LogP contribution in [0.25, 0.3) is 0 Å². The molecule has 1 heterocycles. The number of nitrogens with two attached hydrogens (primary N) is 1. The average Bonchev–Trinajstić information content (AvgIpc) is 2.65. The van der Waals surface area contributed by atoms with Gasteiger partial charge < -0.3 is 0 Å². The lowest BCUT2D eigenvalue weighted by molar-refractivity contribution is 0.532. The highest BCUT2D eigenvalue weighted by Gasteiger charge is 2.24. The summed E-state index contributed by atoms with van der Waals surface area (Å²) in [6, 6.07) is 3.93. The quantitative estimate of drug-likeness (QED) is 0.670. The summed E-state index contributed by atoms with van der Waals surface area (Å²) in [6.07, 6.45) is 1.62. The van der Waals surface area contributed by atoms with Crippen LogP contribution in [0.3, 0.4) is 0 Å². The van der Waals surface area contributed by atoms with E-state index in [0.29, 0.717) is 16.3 Å². The number of nitrogens with zero attached hydrogens (tertiary/aromatic N) is 2. The van der Waals surface area contributed by atoms with Gasteiger partial charge in [0.1, 0.15) is 5.82 Å². The van der Waals surface area contributed by atoms with Crippen LogP contribution in [0.1, 0.15) is 17.3 Å². The number of hydrogen-bond acceptors (Lipinski definition) is 3. The fourth-order valence-corrected chi connectivity index (χ4v) is 2.68. The van der Waals surface area contributed by atoms with Crippen molar-refractivity contribution < 1.29 is 4.39 Å². The molecule has 3 N–H and O–H groups in total. The third-order valence-corrected chi connectivity index (χ3v) is 3.61. The predicted octanol–water partition coefficient (Wildman–Crippen LogP) is 2.53. The minimum absolute atomic E-state index is 0.297. The number of hydrazine groups is 1. The number of nitrogens with one attached hydrogen (secondary N) is 1. The molecular weight excluding hydrogens is 323 g/mol. The standard InChI is InChI=1S/C11H11BrClFN4/c1-18-11(6(12)5-16-18)10(17-15)9-7(13)3-2-4-8(9)14/h2-5,10,17H,15H2,1H3. The van der Waals surface area contributed by atoms with Crippen molar-refractivity contribution in [3.63, 3.8) is 0 Å². The van der Waals surface area contributed by atoms with E-state index in [1.165, 1.54) is 6.07 Å². The van der Waals surface area contributed by atoms with Crippen molar-refractivity contribution in [2.75, 3.05) is 0 Å². The van der Waals surface area contributed by atoms with E-state index in [1.54, 1.807) is 30.1 Å². The minimum atomic E-state index is -0.583. The molecule has 0 radical (unpaired) electrons. The van der Waals surface area contributed by atoms with Gasteiger partial charge in [-0.2, -0.15) is 5.10 Å². The fourth-order valence-electron chi connectivity index (χ4n) is 1.83. The van der Waals surface area contributed by atoms with Gasteiger partial charge in [-0.25, -0.2) is 9.82 Å². The van der Waals surface area contributed by atoms with Crippen molar-refractivity contribution in [2.24, 2.45) is 12.9 Å². The van der Waals surface area contributed by atoms with E-state index in [4.69, 9.17) is 17.4 Å². The van der Waals surface area contributed by atoms with Crippen LogP contribution < -0.4 is 11.3 Å². The summed E-state index contributed by atoms with van der Waals surface area (Å²) in [5.74, 6) is 5.12. The molecule has 0 spiro atoms. The summed E-state index contributed by atoms with van der Waals surface area (Å²) in [5.41, 5.74) is 3.56. The van der Waals surface area contributed by atoms with Crippen molar-refractivity contribution in [3.8, 4) is 0 Å². The minimum Gasteiger partial charge on any atom is -0.271 e. The van der Waals surface area contributed by atoms with Gasteiger partial charge in [0.2, 0.25) is 0 Å². The third kappa shape index (κ3) is 2.29. The Kier molecular flexibility index (Phi) is 4.01. The van der Waals surface area contributed by atoms with Crippen molar-refractivity contribution in [2.45, 2.75) is 6.04 Å². The summed E-state index contributed by atoms with van der Waals surface area (Å²) in [5, 5.41) is 4.39. The molecule has 1 aromatic heterocycles. The van der Waals surface area contributed by atoms with Crippen LogP contribution in [0.2, 0.25) is 5.02 Å². The number of benzene rings is 1. The van der Waals surface area contributed by atoms with Gasteiger partial charge >= 0.3 is 0 Å². The molecule has 0 amide bonds. The van der Waals surface area contributed by atoms with Crippen molar-refractivity contribution >= 4 is 27.5 Å². The molecule has 0 fully saturated rings. The molecule has 1 aromatic carbocycles. The maximum absolute atomic E-state index is 13.9. The van der Waals surface area contributed by atoms with E-state index >= 15 is 0 Å². The smallest absolute Gasteiger partial charge is 0.129 e. The first-order valence-corrected chi connectivity index (χ1v) is 6.30. The summed E-state index contributed by atoms with van der Waals surface area (Å²) < 4.78 is 16.3. The first-order valence-electron chi connectivity index (χ1n) is 5.13.